The average molecular weight is 438 g/mol. The number of nitrogens with one attached hydrogen (secondary N) is 1. The Morgan fingerprint density at radius 2 is 2.27 bits per heavy atom. The Hall–Kier alpha value is -0.410. The van der Waals surface area contributed by atoms with Gasteiger partial charge in [-0.3, -0.25) is 4.99 Å². The molecule has 0 aromatic carbocycles. The van der Waals surface area contributed by atoms with E-state index in [0.717, 1.165) is 49.5 Å². The van der Waals surface area contributed by atoms with Gasteiger partial charge in [0.2, 0.25) is 0 Å². The number of ether oxygens (including phenoxy) is 1. The molecule has 1 fully saturated rings. The first-order valence-corrected chi connectivity index (χ1v) is 8.42. The van der Waals surface area contributed by atoms with Crippen molar-refractivity contribution in [3.63, 3.8) is 0 Å². The number of hydrogen-bond acceptors (Lipinski definition) is 4. The Morgan fingerprint density at radius 3 is 2.86 bits per heavy atom. The summed E-state index contributed by atoms with van der Waals surface area (Å²) in [7, 11) is 1.84. The molecule has 1 aromatic heterocycles. The van der Waals surface area contributed by atoms with Crippen LogP contribution >= 0.6 is 35.3 Å². The van der Waals surface area contributed by atoms with Crippen LogP contribution in [0.1, 0.15) is 28.9 Å². The molecule has 2 heterocycles. The number of rotatable bonds is 5. The largest absolute Gasteiger partial charge is 0.381 e. The molecule has 5 nitrogen and oxygen atoms in total. The Labute approximate surface area is 154 Å². The van der Waals surface area contributed by atoms with Crippen molar-refractivity contribution in [2.24, 2.45) is 10.9 Å². The predicted octanol–water partition coefficient (Wildman–Crippen LogP) is 2.81. The van der Waals surface area contributed by atoms with Crippen molar-refractivity contribution in [3.05, 3.63) is 15.6 Å². The van der Waals surface area contributed by atoms with Crippen LogP contribution in [0.2, 0.25) is 0 Å². The first-order valence-electron chi connectivity index (χ1n) is 7.60. The van der Waals surface area contributed by atoms with Gasteiger partial charge in [0.1, 0.15) is 5.01 Å². The zero-order chi connectivity index (χ0) is 15.2. The van der Waals surface area contributed by atoms with Crippen LogP contribution in [0.4, 0.5) is 0 Å². The molecule has 0 radical (unpaired) electrons. The van der Waals surface area contributed by atoms with Crippen molar-refractivity contribution < 1.29 is 4.74 Å². The third-order valence-electron chi connectivity index (χ3n) is 3.83. The highest BCUT2D eigenvalue weighted by Crippen LogP contribution is 2.18. The maximum absolute atomic E-state index is 5.53. The second kappa shape index (κ2) is 9.67. The van der Waals surface area contributed by atoms with Crippen LogP contribution in [0.25, 0.3) is 0 Å². The summed E-state index contributed by atoms with van der Waals surface area (Å²) < 4.78 is 5.53. The molecule has 22 heavy (non-hydrogen) atoms. The molecule has 0 spiro atoms. The number of likely N-dealkylation sites (tertiary alicyclic amines) is 1. The smallest absolute Gasteiger partial charge is 0.194 e. The number of aryl methyl sites for hydroxylation is 2. The summed E-state index contributed by atoms with van der Waals surface area (Å²) in [6.45, 7) is 10.7. The van der Waals surface area contributed by atoms with Crippen LogP contribution in [0.3, 0.4) is 0 Å². The lowest BCUT2D eigenvalue weighted by Gasteiger charge is -2.21. The molecule has 0 aliphatic carbocycles. The van der Waals surface area contributed by atoms with Gasteiger partial charge < -0.3 is 15.0 Å². The van der Waals surface area contributed by atoms with E-state index in [1.54, 1.807) is 11.3 Å². The van der Waals surface area contributed by atoms with Gasteiger partial charge in [-0.15, -0.1) is 35.3 Å². The Kier molecular flexibility index (Phi) is 8.63. The van der Waals surface area contributed by atoms with Crippen molar-refractivity contribution in [2.75, 3.05) is 33.4 Å². The van der Waals surface area contributed by atoms with Gasteiger partial charge in [0.05, 0.1) is 18.8 Å². The van der Waals surface area contributed by atoms with Gasteiger partial charge in [0, 0.05) is 37.5 Å². The van der Waals surface area contributed by atoms with E-state index in [-0.39, 0.29) is 24.0 Å². The van der Waals surface area contributed by atoms with Gasteiger partial charge in [-0.25, -0.2) is 4.98 Å². The molecule has 7 heteroatoms. The molecule has 1 aliphatic rings. The number of guanidine groups is 1. The van der Waals surface area contributed by atoms with E-state index >= 15 is 0 Å². The highest BCUT2D eigenvalue weighted by Gasteiger charge is 2.24. The van der Waals surface area contributed by atoms with Crippen LogP contribution in [0, 0.1) is 19.8 Å². The third kappa shape index (κ3) is 5.34. The van der Waals surface area contributed by atoms with E-state index in [1.807, 2.05) is 14.0 Å². The fourth-order valence-corrected chi connectivity index (χ4v) is 3.42. The maximum atomic E-state index is 5.53. The van der Waals surface area contributed by atoms with Crippen molar-refractivity contribution in [2.45, 2.75) is 33.7 Å². The minimum absolute atomic E-state index is 0. The van der Waals surface area contributed by atoms with Gasteiger partial charge in [0.15, 0.2) is 5.96 Å². The standard InChI is InChI=1S/C15H26N4OS.HI/c1-5-20-10-13-6-7-19(9-13)15(16-4)17-8-14-18-11(2)12(3)21-14;/h13H,5-10H2,1-4H3,(H,16,17);1H. The van der Waals surface area contributed by atoms with Gasteiger partial charge in [-0.2, -0.15) is 0 Å². The topological polar surface area (TPSA) is 49.8 Å². The molecule has 1 aromatic rings. The zero-order valence-electron chi connectivity index (χ0n) is 13.9. The number of aliphatic imine (C=N–C) groups is 1. The van der Waals surface area contributed by atoms with E-state index in [1.165, 1.54) is 11.3 Å². The average Bonchev–Trinajstić information content (AvgIpc) is 3.05. The third-order valence-corrected chi connectivity index (χ3v) is 4.90. The first-order chi connectivity index (χ1) is 10.1. The van der Waals surface area contributed by atoms with Crippen LogP contribution in [0.15, 0.2) is 4.99 Å². The predicted molar refractivity (Wildman–Crippen MR) is 103 cm³/mol. The van der Waals surface area contributed by atoms with Crippen LogP contribution < -0.4 is 5.32 Å². The molecule has 2 rings (SSSR count). The minimum Gasteiger partial charge on any atom is -0.381 e. The fourth-order valence-electron chi connectivity index (χ4n) is 2.55. The fraction of sp³-hybridized carbons (Fsp3) is 0.733. The zero-order valence-corrected chi connectivity index (χ0v) is 17.0. The van der Waals surface area contributed by atoms with E-state index in [0.29, 0.717) is 5.92 Å². The van der Waals surface area contributed by atoms with E-state index in [2.05, 4.69) is 34.0 Å². The van der Waals surface area contributed by atoms with Gasteiger partial charge in [-0.05, 0) is 27.2 Å². The normalized spacial score (nSPS) is 18.5. The summed E-state index contributed by atoms with van der Waals surface area (Å²) in [5, 5.41) is 4.55. The van der Waals surface area contributed by atoms with Crippen LogP contribution in [0.5, 0.6) is 0 Å². The molecule has 1 N–H and O–H groups in total. The Morgan fingerprint density at radius 1 is 1.50 bits per heavy atom. The molecule has 0 amide bonds. The quantitative estimate of drug-likeness (QED) is 0.437. The van der Waals surface area contributed by atoms with E-state index in [4.69, 9.17) is 4.74 Å². The van der Waals surface area contributed by atoms with Crippen molar-refractivity contribution >= 4 is 41.3 Å². The molecular formula is C15H27IN4OS. The highest BCUT2D eigenvalue weighted by molar-refractivity contribution is 14.0. The minimum atomic E-state index is 0. The molecule has 1 unspecified atom stereocenters. The molecule has 1 atom stereocenters. The van der Waals surface area contributed by atoms with Crippen LogP contribution in [-0.4, -0.2) is 49.2 Å². The number of halogens is 1. The van der Waals surface area contributed by atoms with Gasteiger partial charge in [0.25, 0.3) is 0 Å². The molecule has 0 saturated carbocycles. The van der Waals surface area contributed by atoms with Gasteiger partial charge in [-0.1, -0.05) is 0 Å². The van der Waals surface area contributed by atoms with Crippen molar-refractivity contribution in [1.29, 1.82) is 0 Å². The second-order valence-corrected chi connectivity index (χ2v) is 6.70. The Balaban J connectivity index is 0.00000242. The molecule has 126 valence electrons. The SMILES string of the molecule is CCOCC1CCN(C(=NC)NCc2nc(C)c(C)s2)C1.I. The van der Waals surface area contributed by atoms with Crippen molar-refractivity contribution in [3.8, 4) is 0 Å². The summed E-state index contributed by atoms with van der Waals surface area (Å²) in [4.78, 5) is 12.6. The maximum Gasteiger partial charge on any atom is 0.194 e. The van der Waals surface area contributed by atoms with Crippen molar-refractivity contribution in [1.82, 2.24) is 15.2 Å². The number of nitrogens with zero attached hydrogens (tertiary/aromatic N) is 3. The lowest BCUT2D eigenvalue weighted by atomic mass is 10.1. The molecule has 1 saturated heterocycles. The lowest BCUT2D eigenvalue weighted by molar-refractivity contribution is 0.114. The molecule has 0 bridgehead atoms. The highest BCUT2D eigenvalue weighted by atomic mass is 127. The number of hydrogen-bond donors (Lipinski definition) is 1. The summed E-state index contributed by atoms with van der Waals surface area (Å²) >= 11 is 1.75. The lowest BCUT2D eigenvalue weighted by Crippen LogP contribution is -2.39. The van der Waals surface area contributed by atoms with E-state index in [9.17, 15) is 0 Å². The van der Waals surface area contributed by atoms with E-state index < -0.39 is 0 Å². The molecular weight excluding hydrogens is 411 g/mol. The summed E-state index contributed by atoms with van der Waals surface area (Å²) in [6, 6.07) is 0. The first kappa shape index (κ1) is 19.6. The van der Waals surface area contributed by atoms with Gasteiger partial charge >= 0.3 is 0 Å². The Bertz CT molecular complexity index is 472. The number of aromatic nitrogens is 1. The summed E-state index contributed by atoms with van der Waals surface area (Å²) in [5.41, 5.74) is 1.13. The van der Waals surface area contributed by atoms with Crippen LogP contribution in [-0.2, 0) is 11.3 Å². The summed E-state index contributed by atoms with van der Waals surface area (Å²) in [5.74, 6) is 1.59. The number of thiazole rings is 1. The summed E-state index contributed by atoms with van der Waals surface area (Å²) in [6.07, 6.45) is 1.18. The molecule has 1 aliphatic heterocycles. The monoisotopic (exact) mass is 438 g/mol. The second-order valence-electron chi connectivity index (χ2n) is 5.41.